The molecule has 0 spiro atoms. The quantitative estimate of drug-likeness (QED) is 0.415. The number of hydrogen-bond donors (Lipinski definition) is 2. The minimum atomic E-state index is 0.340. The van der Waals surface area contributed by atoms with Crippen LogP contribution in [0.4, 0.5) is 17.3 Å². The molecule has 9 nitrogen and oxygen atoms in total. The third-order valence-electron chi connectivity index (χ3n) is 6.74. The maximum Gasteiger partial charge on any atom is 0.231 e. The molecule has 34 heavy (non-hydrogen) atoms. The number of benzene rings is 2. The second-order valence-electron chi connectivity index (χ2n) is 8.72. The lowest BCUT2D eigenvalue weighted by Crippen LogP contribution is -2.36. The maximum absolute atomic E-state index is 5.75. The van der Waals surface area contributed by atoms with Crippen LogP contribution in [-0.4, -0.2) is 56.9 Å². The second-order valence-corrected chi connectivity index (χ2v) is 8.72. The molecule has 2 aromatic carbocycles. The zero-order valence-corrected chi connectivity index (χ0v) is 18.6. The molecule has 2 N–H and O–H groups in total. The van der Waals surface area contributed by atoms with Gasteiger partial charge in [0.15, 0.2) is 5.82 Å². The Morgan fingerprint density at radius 2 is 2.09 bits per heavy atom. The smallest absolute Gasteiger partial charge is 0.231 e. The van der Waals surface area contributed by atoms with Crippen molar-refractivity contribution in [3.63, 3.8) is 0 Å². The summed E-state index contributed by atoms with van der Waals surface area (Å²) in [6, 6.07) is 16.6. The number of ether oxygens (including phenoxy) is 2. The largest absolute Gasteiger partial charge is 0.494 e. The predicted molar refractivity (Wildman–Crippen MR) is 130 cm³/mol. The molecule has 3 aromatic heterocycles. The van der Waals surface area contributed by atoms with Gasteiger partial charge < -0.3 is 24.7 Å². The summed E-state index contributed by atoms with van der Waals surface area (Å²) in [5.74, 6) is 1.97. The van der Waals surface area contributed by atoms with Crippen molar-refractivity contribution < 1.29 is 9.47 Å². The lowest BCUT2D eigenvalue weighted by atomic mass is 10.2. The normalized spacial score (nSPS) is 19.4. The number of hydrogen-bond acceptors (Lipinski definition) is 7. The number of methoxy groups -OCH3 is 1. The van der Waals surface area contributed by atoms with Gasteiger partial charge in [-0.25, -0.2) is 4.98 Å². The second kappa shape index (κ2) is 7.46. The number of aromatic amines is 1. The number of anilines is 3. The summed E-state index contributed by atoms with van der Waals surface area (Å²) in [5.41, 5.74) is 4.59. The van der Waals surface area contributed by atoms with Gasteiger partial charge in [-0.1, -0.05) is 12.1 Å². The molecule has 2 unspecified atom stereocenters. The Morgan fingerprint density at radius 3 is 2.94 bits per heavy atom. The topological polar surface area (TPSA) is 93.1 Å². The summed E-state index contributed by atoms with van der Waals surface area (Å²) in [7, 11) is 1.68. The summed E-state index contributed by atoms with van der Waals surface area (Å²) in [6.45, 7) is 1.72. The van der Waals surface area contributed by atoms with Crippen LogP contribution in [0.3, 0.4) is 0 Å². The molecule has 2 saturated heterocycles. The van der Waals surface area contributed by atoms with Crippen molar-refractivity contribution in [1.29, 1.82) is 0 Å². The zero-order chi connectivity index (χ0) is 22.6. The van der Waals surface area contributed by atoms with Crippen LogP contribution in [0.1, 0.15) is 6.42 Å². The van der Waals surface area contributed by atoms with E-state index in [0.29, 0.717) is 18.1 Å². The molecule has 2 aliphatic rings. The van der Waals surface area contributed by atoms with E-state index >= 15 is 0 Å². The Balaban J connectivity index is 1.27. The first-order valence-electron chi connectivity index (χ1n) is 11.4. The molecule has 2 aliphatic heterocycles. The van der Waals surface area contributed by atoms with E-state index in [0.717, 1.165) is 64.6 Å². The highest BCUT2D eigenvalue weighted by atomic mass is 16.5. The monoisotopic (exact) mass is 453 g/mol. The molecular formula is C25H23N7O2. The average Bonchev–Trinajstić information content (AvgIpc) is 3.67. The van der Waals surface area contributed by atoms with Crippen LogP contribution in [-0.2, 0) is 4.74 Å². The van der Waals surface area contributed by atoms with Gasteiger partial charge in [-0.05, 0) is 36.8 Å². The van der Waals surface area contributed by atoms with Crippen LogP contribution in [0.5, 0.6) is 5.75 Å². The number of rotatable bonds is 5. The Bertz CT molecular complexity index is 1520. The Morgan fingerprint density at radius 1 is 1.15 bits per heavy atom. The third-order valence-corrected chi connectivity index (χ3v) is 6.74. The lowest BCUT2D eigenvalue weighted by Gasteiger charge is -2.29. The standard InChI is InChI=1S/C25H23N7O2/c1-33-22-11-15(31-12-17-10-16(31)13-34-17)6-7-20(22)28-25-29-23-18(8-9-26-23)24(30-25)32-14-27-19-4-2-3-5-21(19)32/h2-9,11,14,16-17H,10,12-13H2,1H3,(H2,26,28,29,30). The van der Waals surface area contributed by atoms with Crippen molar-refractivity contribution in [3.05, 3.63) is 61.1 Å². The fourth-order valence-electron chi connectivity index (χ4n) is 5.09. The lowest BCUT2D eigenvalue weighted by molar-refractivity contribution is 0.0991. The minimum absolute atomic E-state index is 0.340. The van der Waals surface area contributed by atoms with E-state index in [4.69, 9.17) is 19.4 Å². The van der Waals surface area contributed by atoms with E-state index in [1.165, 1.54) is 0 Å². The van der Waals surface area contributed by atoms with Gasteiger partial charge in [-0.2, -0.15) is 9.97 Å². The molecule has 9 heteroatoms. The molecule has 5 aromatic rings. The number of imidazole rings is 1. The van der Waals surface area contributed by atoms with Crippen molar-refractivity contribution >= 4 is 39.4 Å². The van der Waals surface area contributed by atoms with Crippen LogP contribution in [0.25, 0.3) is 27.9 Å². The van der Waals surface area contributed by atoms with Crippen molar-refractivity contribution in [2.45, 2.75) is 18.6 Å². The van der Waals surface area contributed by atoms with Gasteiger partial charge in [0.1, 0.15) is 17.7 Å². The van der Waals surface area contributed by atoms with Crippen molar-refractivity contribution in [3.8, 4) is 11.6 Å². The third kappa shape index (κ3) is 3.01. The number of para-hydroxylation sites is 2. The van der Waals surface area contributed by atoms with Gasteiger partial charge in [0, 0.05) is 24.5 Å². The van der Waals surface area contributed by atoms with Crippen molar-refractivity contribution in [2.24, 2.45) is 0 Å². The highest BCUT2D eigenvalue weighted by Crippen LogP contribution is 2.37. The van der Waals surface area contributed by atoms with Crippen molar-refractivity contribution in [1.82, 2.24) is 24.5 Å². The summed E-state index contributed by atoms with van der Waals surface area (Å²) in [6.07, 6.45) is 5.10. The van der Waals surface area contributed by atoms with E-state index in [2.05, 4.69) is 32.3 Å². The Hall–Kier alpha value is -4.11. The number of aromatic nitrogens is 5. The number of nitrogens with zero attached hydrogens (tertiary/aromatic N) is 5. The Labute approximate surface area is 195 Å². The van der Waals surface area contributed by atoms with E-state index < -0.39 is 0 Å². The molecule has 0 saturated carbocycles. The maximum atomic E-state index is 5.75. The van der Waals surface area contributed by atoms with E-state index in [1.54, 1.807) is 13.4 Å². The molecule has 7 rings (SSSR count). The van der Waals surface area contributed by atoms with Crippen LogP contribution in [0.2, 0.25) is 0 Å². The van der Waals surface area contributed by atoms with Crippen LogP contribution < -0.4 is 15.0 Å². The summed E-state index contributed by atoms with van der Waals surface area (Å²) in [4.78, 5) is 19.7. The fraction of sp³-hybridized carbons (Fsp3) is 0.240. The molecular weight excluding hydrogens is 430 g/mol. The van der Waals surface area contributed by atoms with Gasteiger partial charge in [0.2, 0.25) is 5.95 Å². The fourth-order valence-corrected chi connectivity index (χ4v) is 5.09. The van der Waals surface area contributed by atoms with Crippen LogP contribution in [0.15, 0.2) is 61.1 Å². The average molecular weight is 454 g/mol. The Kier molecular flexibility index (Phi) is 4.25. The summed E-state index contributed by atoms with van der Waals surface area (Å²) >= 11 is 0. The number of morpholine rings is 1. The zero-order valence-electron chi connectivity index (χ0n) is 18.6. The van der Waals surface area contributed by atoms with Gasteiger partial charge in [0.25, 0.3) is 0 Å². The summed E-state index contributed by atoms with van der Waals surface area (Å²) < 4.78 is 13.5. The first kappa shape index (κ1) is 19.4. The number of nitrogens with one attached hydrogen (secondary N) is 2. The number of fused-ring (bicyclic) bond motifs is 4. The molecule has 2 fully saturated rings. The predicted octanol–water partition coefficient (Wildman–Crippen LogP) is 4.03. The van der Waals surface area contributed by atoms with Gasteiger partial charge in [-0.3, -0.25) is 4.57 Å². The minimum Gasteiger partial charge on any atom is -0.494 e. The van der Waals surface area contributed by atoms with Crippen LogP contribution in [0, 0.1) is 0 Å². The van der Waals surface area contributed by atoms with E-state index in [1.807, 2.05) is 47.2 Å². The molecule has 5 heterocycles. The van der Waals surface area contributed by atoms with E-state index in [9.17, 15) is 0 Å². The molecule has 170 valence electrons. The molecule has 0 aliphatic carbocycles. The molecule has 2 atom stereocenters. The highest BCUT2D eigenvalue weighted by molar-refractivity contribution is 5.88. The van der Waals surface area contributed by atoms with Gasteiger partial charge >= 0.3 is 0 Å². The molecule has 0 radical (unpaired) electrons. The first-order chi connectivity index (χ1) is 16.8. The van der Waals surface area contributed by atoms with Crippen molar-refractivity contribution in [2.75, 3.05) is 30.5 Å². The number of H-pyrrole nitrogens is 1. The van der Waals surface area contributed by atoms with E-state index in [-0.39, 0.29) is 0 Å². The first-order valence-corrected chi connectivity index (χ1v) is 11.4. The van der Waals surface area contributed by atoms with Crippen LogP contribution >= 0.6 is 0 Å². The highest BCUT2D eigenvalue weighted by Gasteiger charge is 2.39. The summed E-state index contributed by atoms with van der Waals surface area (Å²) in [5, 5.41) is 4.28. The van der Waals surface area contributed by atoms with Gasteiger partial charge in [0.05, 0.1) is 48.0 Å². The SMILES string of the molecule is COc1cc(N2CC3CC2CO3)ccc1Nc1nc(-n2cnc3ccccc32)c2cc[nH]c2n1. The molecule has 2 bridgehead atoms. The molecule has 0 amide bonds. The van der Waals surface area contributed by atoms with Gasteiger partial charge in [-0.15, -0.1) is 0 Å².